The van der Waals surface area contributed by atoms with Gasteiger partial charge in [-0.3, -0.25) is 4.79 Å². The van der Waals surface area contributed by atoms with Gasteiger partial charge in [0.25, 0.3) is 5.91 Å². The molecule has 0 radical (unpaired) electrons. The standard InChI is InChI=1S/C17H18N2O2/c1-13-7-9-15(10-8-13)11-18-19-17(20)12-21-16-6-4-3-5-14(16)2/h3-11H,12H2,1-2H3,(H,19,20)/b18-11+. The van der Waals surface area contributed by atoms with Gasteiger partial charge >= 0.3 is 0 Å². The fourth-order valence-electron chi connectivity index (χ4n) is 1.73. The molecule has 2 aromatic rings. The van der Waals surface area contributed by atoms with E-state index in [1.165, 1.54) is 5.56 Å². The first-order chi connectivity index (χ1) is 10.1. The molecule has 0 unspecified atom stereocenters. The summed E-state index contributed by atoms with van der Waals surface area (Å²) in [5, 5.41) is 3.90. The lowest BCUT2D eigenvalue weighted by molar-refractivity contribution is -0.123. The van der Waals surface area contributed by atoms with E-state index in [1.54, 1.807) is 6.21 Å². The molecule has 1 N–H and O–H groups in total. The zero-order chi connectivity index (χ0) is 15.1. The average Bonchev–Trinajstić information content (AvgIpc) is 2.48. The van der Waals surface area contributed by atoms with Gasteiger partial charge in [0.15, 0.2) is 6.61 Å². The molecule has 0 aliphatic carbocycles. The molecule has 0 bridgehead atoms. The average molecular weight is 282 g/mol. The van der Waals surface area contributed by atoms with Gasteiger partial charge in [-0.05, 0) is 31.0 Å². The molecule has 0 heterocycles. The monoisotopic (exact) mass is 282 g/mol. The normalized spacial score (nSPS) is 10.6. The van der Waals surface area contributed by atoms with Gasteiger partial charge in [-0.2, -0.15) is 5.10 Å². The van der Waals surface area contributed by atoms with Crippen LogP contribution in [0.3, 0.4) is 0 Å². The molecule has 2 aromatic carbocycles. The smallest absolute Gasteiger partial charge is 0.277 e. The van der Waals surface area contributed by atoms with Crippen molar-refractivity contribution in [2.45, 2.75) is 13.8 Å². The zero-order valence-electron chi connectivity index (χ0n) is 12.2. The van der Waals surface area contributed by atoms with Crippen LogP contribution in [0.5, 0.6) is 5.75 Å². The van der Waals surface area contributed by atoms with E-state index in [9.17, 15) is 4.79 Å². The number of carbonyl (C=O) groups is 1. The van der Waals surface area contributed by atoms with Crippen molar-refractivity contribution in [2.24, 2.45) is 5.10 Å². The van der Waals surface area contributed by atoms with Crippen LogP contribution in [0.25, 0.3) is 0 Å². The maximum absolute atomic E-state index is 11.6. The van der Waals surface area contributed by atoms with Crippen molar-refractivity contribution in [1.29, 1.82) is 0 Å². The van der Waals surface area contributed by atoms with Crippen LogP contribution in [0.2, 0.25) is 0 Å². The number of nitrogens with one attached hydrogen (secondary N) is 1. The number of hydrogen-bond acceptors (Lipinski definition) is 3. The molecule has 1 amide bonds. The van der Waals surface area contributed by atoms with E-state index >= 15 is 0 Å². The van der Waals surface area contributed by atoms with E-state index in [0.29, 0.717) is 5.75 Å². The van der Waals surface area contributed by atoms with E-state index in [1.807, 2.05) is 62.4 Å². The molecule has 108 valence electrons. The van der Waals surface area contributed by atoms with Crippen LogP contribution in [0.4, 0.5) is 0 Å². The fraction of sp³-hybridized carbons (Fsp3) is 0.176. The van der Waals surface area contributed by atoms with Gasteiger partial charge in [0.1, 0.15) is 5.75 Å². The Bertz CT molecular complexity index is 633. The Hall–Kier alpha value is -2.62. The summed E-state index contributed by atoms with van der Waals surface area (Å²) in [6.45, 7) is 3.89. The molecule has 4 heteroatoms. The molecular formula is C17H18N2O2. The molecule has 0 fully saturated rings. The number of amides is 1. The Morgan fingerprint density at radius 1 is 1.14 bits per heavy atom. The summed E-state index contributed by atoms with van der Waals surface area (Å²) < 4.78 is 5.43. The van der Waals surface area contributed by atoms with E-state index in [4.69, 9.17) is 4.74 Å². The van der Waals surface area contributed by atoms with Crippen LogP contribution in [-0.4, -0.2) is 18.7 Å². The minimum Gasteiger partial charge on any atom is -0.483 e. The summed E-state index contributed by atoms with van der Waals surface area (Å²) in [6.07, 6.45) is 1.60. The van der Waals surface area contributed by atoms with E-state index in [0.717, 1.165) is 11.1 Å². The first-order valence-electron chi connectivity index (χ1n) is 6.72. The third-order valence-corrected chi connectivity index (χ3v) is 2.93. The lowest BCUT2D eigenvalue weighted by Crippen LogP contribution is -2.24. The van der Waals surface area contributed by atoms with Crippen molar-refractivity contribution in [1.82, 2.24) is 5.43 Å². The number of rotatable bonds is 5. The third kappa shape index (κ3) is 4.76. The predicted molar refractivity (Wildman–Crippen MR) is 83.6 cm³/mol. The summed E-state index contributed by atoms with van der Waals surface area (Å²) in [5.41, 5.74) is 5.55. The second-order valence-electron chi connectivity index (χ2n) is 4.76. The minimum atomic E-state index is -0.290. The summed E-state index contributed by atoms with van der Waals surface area (Å²) in [7, 11) is 0. The third-order valence-electron chi connectivity index (χ3n) is 2.93. The van der Waals surface area contributed by atoms with Crippen LogP contribution in [0, 0.1) is 13.8 Å². The molecule has 0 atom stereocenters. The Labute approximate surface area is 124 Å². The van der Waals surface area contributed by atoms with E-state index < -0.39 is 0 Å². The number of carbonyl (C=O) groups excluding carboxylic acids is 1. The minimum absolute atomic E-state index is 0.0594. The van der Waals surface area contributed by atoms with Gasteiger partial charge in [0.05, 0.1) is 6.21 Å². The Kier molecular flexibility index (Phi) is 5.10. The highest BCUT2D eigenvalue weighted by molar-refractivity contribution is 5.82. The number of ether oxygens (including phenoxy) is 1. The number of hydrazone groups is 1. The lowest BCUT2D eigenvalue weighted by Gasteiger charge is -2.07. The molecule has 0 aliphatic rings. The van der Waals surface area contributed by atoms with Gasteiger partial charge in [-0.15, -0.1) is 0 Å². The van der Waals surface area contributed by atoms with Gasteiger partial charge in [-0.25, -0.2) is 5.43 Å². The zero-order valence-corrected chi connectivity index (χ0v) is 12.2. The lowest BCUT2D eigenvalue weighted by atomic mass is 10.2. The molecular weight excluding hydrogens is 264 g/mol. The number of nitrogens with zero attached hydrogens (tertiary/aromatic N) is 1. The van der Waals surface area contributed by atoms with Gasteiger partial charge in [0, 0.05) is 0 Å². The molecule has 0 saturated heterocycles. The molecule has 21 heavy (non-hydrogen) atoms. The maximum atomic E-state index is 11.6. The summed E-state index contributed by atoms with van der Waals surface area (Å²) in [4.78, 5) is 11.6. The second-order valence-corrected chi connectivity index (χ2v) is 4.76. The van der Waals surface area contributed by atoms with Gasteiger partial charge in [0.2, 0.25) is 0 Å². The van der Waals surface area contributed by atoms with Crippen LogP contribution in [0.15, 0.2) is 53.6 Å². The van der Waals surface area contributed by atoms with Crippen molar-refractivity contribution in [3.8, 4) is 5.75 Å². The van der Waals surface area contributed by atoms with Crippen molar-refractivity contribution in [3.05, 3.63) is 65.2 Å². The van der Waals surface area contributed by atoms with Crippen LogP contribution < -0.4 is 10.2 Å². The van der Waals surface area contributed by atoms with Crippen LogP contribution >= 0.6 is 0 Å². The van der Waals surface area contributed by atoms with Crippen LogP contribution in [0.1, 0.15) is 16.7 Å². The van der Waals surface area contributed by atoms with Crippen molar-refractivity contribution >= 4 is 12.1 Å². The van der Waals surface area contributed by atoms with E-state index in [2.05, 4.69) is 10.5 Å². The van der Waals surface area contributed by atoms with Crippen molar-refractivity contribution in [2.75, 3.05) is 6.61 Å². The van der Waals surface area contributed by atoms with E-state index in [-0.39, 0.29) is 12.5 Å². The Morgan fingerprint density at radius 2 is 1.86 bits per heavy atom. The summed E-state index contributed by atoms with van der Waals surface area (Å²) in [6, 6.07) is 15.4. The highest BCUT2D eigenvalue weighted by atomic mass is 16.5. The number of aryl methyl sites for hydroxylation is 2. The molecule has 0 aromatic heterocycles. The van der Waals surface area contributed by atoms with Crippen molar-refractivity contribution in [3.63, 3.8) is 0 Å². The number of benzene rings is 2. The Balaban J connectivity index is 1.80. The highest BCUT2D eigenvalue weighted by Crippen LogP contribution is 2.15. The molecule has 2 rings (SSSR count). The van der Waals surface area contributed by atoms with Crippen molar-refractivity contribution < 1.29 is 9.53 Å². The summed E-state index contributed by atoms with van der Waals surface area (Å²) in [5.74, 6) is 0.414. The number of hydrogen-bond donors (Lipinski definition) is 1. The predicted octanol–water partition coefficient (Wildman–Crippen LogP) is 2.83. The first-order valence-corrected chi connectivity index (χ1v) is 6.72. The van der Waals surface area contributed by atoms with Gasteiger partial charge < -0.3 is 4.74 Å². The molecule has 0 spiro atoms. The topological polar surface area (TPSA) is 50.7 Å². The first kappa shape index (κ1) is 14.8. The molecule has 4 nitrogen and oxygen atoms in total. The van der Waals surface area contributed by atoms with Crippen LogP contribution in [-0.2, 0) is 4.79 Å². The second kappa shape index (κ2) is 7.24. The molecule has 0 saturated carbocycles. The maximum Gasteiger partial charge on any atom is 0.277 e. The quantitative estimate of drug-likeness (QED) is 0.677. The summed E-state index contributed by atoms with van der Waals surface area (Å²) >= 11 is 0. The Morgan fingerprint density at radius 3 is 2.57 bits per heavy atom. The largest absolute Gasteiger partial charge is 0.483 e. The number of para-hydroxylation sites is 1. The highest BCUT2D eigenvalue weighted by Gasteiger charge is 2.02. The molecule has 0 aliphatic heterocycles. The SMILES string of the molecule is Cc1ccc(/C=N/NC(=O)COc2ccccc2C)cc1. The van der Waals surface area contributed by atoms with Gasteiger partial charge in [-0.1, -0.05) is 48.0 Å². The fourth-order valence-corrected chi connectivity index (χ4v) is 1.73.